The van der Waals surface area contributed by atoms with Gasteiger partial charge in [-0.1, -0.05) is 19.0 Å². The molecule has 0 bridgehead atoms. The zero-order valence-corrected chi connectivity index (χ0v) is 10.1. The third kappa shape index (κ3) is 2.57. The minimum Gasteiger partial charge on any atom is -0.396 e. The van der Waals surface area contributed by atoms with Crippen molar-refractivity contribution in [2.45, 2.75) is 32.4 Å². The molecule has 1 fully saturated rings. The maximum absolute atomic E-state index is 13.7. The highest BCUT2D eigenvalue weighted by atomic mass is 19.1. The molecule has 1 aromatic rings. The zero-order valence-electron chi connectivity index (χ0n) is 10.1. The first-order valence-electron chi connectivity index (χ1n) is 5.95. The Morgan fingerprint density at radius 1 is 1.59 bits per heavy atom. The van der Waals surface area contributed by atoms with Gasteiger partial charge in [-0.25, -0.2) is 4.39 Å². The van der Waals surface area contributed by atoms with Crippen molar-refractivity contribution in [2.24, 2.45) is 5.92 Å². The van der Waals surface area contributed by atoms with Gasteiger partial charge in [0.2, 0.25) is 0 Å². The van der Waals surface area contributed by atoms with Crippen LogP contribution in [0.15, 0.2) is 4.52 Å². The molecule has 0 aliphatic carbocycles. The molecular weight excluding hydrogens is 225 g/mol. The maximum atomic E-state index is 13.7. The van der Waals surface area contributed by atoms with Crippen LogP contribution in [-0.4, -0.2) is 41.1 Å². The Morgan fingerprint density at radius 2 is 2.35 bits per heavy atom. The molecule has 5 nitrogen and oxygen atoms in total. The number of nitrogens with zero attached hydrogens (tertiary/aromatic N) is 3. The third-order valence-corrected chi connectivity index (χ3v) is 3.13. The van der Waals surface area contributed by atoms with E-state index < -0.39 is 6.17 Å². The van der Waals surface area contributed by atoms with Crippen molar-refractivity contribution in [1.82, 2.24) is 10.1 Å². The molecule has 17 heavy (non-hydrogen) atoms. The molecule has 1 aliphatic heterocycles. The normalized spacial score (nSPS) is 25.6. The van der Waals surface area contributed by atoms with Crippen molar-refractivity contribution in [3.05, 3.63) is 5.82 Å². The Balaban J connectivity index is 2.03. The average molecular weight is 243 g/mol. The number of aromatic nitrogens is 2. The van der Waals surface area contributed by atoms with Gasteiger partial charge >= 0.3 is 6.01 Å². The number of rotatable bonds is 3. The lowest BCUT2D eigenvalue weighted by molar-refractivity contribution is 0.118. The van der Waals surface area contributed by atoms with Crippen LogP contribution in [-0.2, 0) is 0 Å². The summed E-state index contributed by atoms with van der Waals surface area (Å²) in [7, 11) is 0. The van der Waals surface area contributed by atoms with Gasteiger partial charge in [0.05, 0.1) is 6.54 Å². The van der Waals surface area contributed by atoms with E-state index in [-0.39, 0.29) is 25.0 Å². The van der Waals surface area contributed by atoms with Gasteiger partial charge in [0, 0.05) is 25.0 Å². The van der Waals surface area contributed by atoms with Gasteiger partial charge in [-0.3, -0.25) is 0 Å². The van der Waals surface area contributed by atoms with E-state index in [9.17, 15) is 4.39 Å². The predicted molar refractivity (Wildman–Crippen MR) is 60.7 cm³/mol. The van der Waals surface area contributed by atoms with Crippen molar-refractivity contribution in [3.63, 3.8) is 0 Å². The number of piperidine rings is 1. The molecular formula is C11H18FN3O2. The van der Waals surface area contributed by atoms with Crippen LogP contribution in [0.25, 0.3) is 0 Å². The van der Waals surface area contributed by atoms with E-state index in [1.54, 1.807) is 4.90 Å². The Kier molecular flexibility index (Phi) is 3.61. The van der Waals surface area contributed by atoms with Gasteiger partial charge in [-0.2, -0.15) is 4.98 Å². The van der Waals surface area contributed by atoms with Crippen LogP contribution in [0.1, 0.15) is 32.0 Å². The van der Waals surface area contributed by atoms with E-state index in [1.165, 1.54) is 0 Å². The molecule has 1 aromatic heterocycles. The molecule has 0 aromatic carbocycles. The number of aliphatic hydroxyl groups is 1. The highest BCUT2D eigenvalue weighted by molar-refractivity contribution is 5.27. The van der Waals surface area contributed by atoms with Crippen LogP contribution in [0.4, 0.5) is 10.4 Å². The van der Waals surface area contributed by atoms with E-state index in [1.807, 2.05) is 13.8 Å². The summed E-state index contributed by atoms with van der Waals surface area (Å²) < 4.78 is 18.8. The van der Waals surface area contributed by atoms with Gasteiger partial charge in [0.15, 0.2) is 5.82 Å². The second kappa shape index (κ2) is 5.00. The van der Waals surface area contributed by atoms with E-state index in [2.05, 4.69) is 10.1 Å². The van der Waals surface area contributed by atoms with Crippen LogP contribution in [0.2, 0.25) is 0 Å². The second-order valence-electron chi connectivity index (χ2n) is 4.78. The molecule has 1 aliphatic rings. The fourth-order valence-corrected chi connectivity index (χ4v) is 1.92. The summed E-state index contributed by atoms with van der Waals surface area (Å²) >= 11 is 0. The second-order valence-corrected chi connectivity index (χ2v) is 4.78. The molecule has 2 atom stereocenters. The molecule has 1 N–H and O–H groups in total. The summed E-state index contributed by atoms with van der Waals surface area (Å²) in [4.78, 5) is 5.98. The fourth-order valence-electron chi connectivity index (χ4n) is 1.92. The average Bonchev–Trinajstić information content (AvgIpc) is 2.78. The Labute approximate surface area is 99.6 Å². The van der Waals surface area contributed by atoms with Gasteiger partial charge in [0.25, 0.3) is 0 Å². The molecule has 1 saturated heterocycles. The molecule has 0 radical (unpaired) electrons. The zero-order chi connectivity index (χ0) is 12.4. The highest BCUT2D eigenvalue weighted by Crippen LogP contribution is 2.25. The van der Waals surface area contributed by atoms with Gasteiger partial charge in [-0.15, -0.1) is 0 Å². The van der Waals surface area contributed by atoms with Gasteiger partial charge in [-0.05, 0) is 6.42 Å². The molecule has 6 heteroatoms. The summed E-state index contributed by atoms with van der Waals surface area (Å²) in [6.07, 6.45) is -0.431. The standard InChI is InChI=1S/C11H18FN3O2/c1-7(2)10-13-11(17-14-10)15-4-3-8(6-16)9(12)5-15/h7-9,16H,3-6H2,1-2H3/t8-,9-/m0/s1. The summed E-state index contributed by atoms with van der Waals surface area (Å²) in [5.41, 5.74) is 0. The molecule has 96 valence electrons. The monoisotopic (exact) mass is 243 g/mol. The van der Waals surface area contributed by atoms with E-state index in [0.717, 1.165) is 0 Å². The summed E-state index contributed by atoms with van der Waals surface area (Å²) in [5.74, 6) is 0.571. The number of alkyl halides is 1. The van der Waals surface area contributed by atoms with Gasteiger partial charge in [0.1, 0.15) is 6.17 Å². The van der Waals surface area contributed by atoms with Crippen LogP contribution in [0, 0.1) is 5.92 Å². The summed E-state index contributed by atoms with van der Waals surface area (Å²) in [6.45, 7) is 4.71. The first-order chi connectivity index (χ1) is 8.11. The lowest BCUT2D eigenvalue weighted by atomic mass is 9.96. The summed E-state index contributed by atoms with van der Waals surface area (Å²) in [6, 6.07) is 0.382. The highest BCUT2D eigenvalue weighted by Gasteiger charge is 2.31. The topological polar surface area (TPSA) is 62.4 Å². The lowest BCUT2D eigenvalue weighted by Gasteiger charge is -2.32. The maximum Gasteiger partial charge on any atom is 0.324 e. The number of anilines is 1. The van der Waals surface area contributed by atoms with Crippen molar-refractivity contribution in [3.8, 4) is 0 Å². The van der Waals surface area contributed by atoms with Crippen molar-refractivity contribution >= 4 is 6.01 Å². The predicted octanol–water partition coefficient (Wildman–Crippen LogP) is 1.35. The largest absolute Gasteiger partial charge is 0.396 e. The van der Waals surface area contributed by atoms with E-state index in [0.29, 0.717) is 24.8 Å². The van der Waals surface area contributed by atoms with Gasteiger partial charge < -0.3 is 14.5 Å². The van der Waals surface area contributed by atoms with Crippen molar-refractivity contribution in [1.29, 1.82) is 0 Å². The minimum absolute atomic E-state index is 0.101. The Hall–Kier alpha value is -1.17. The Morgan fingerprint density at radius 3 is 2.88 bits per heavy atom. The van der Waals surface area contributed by atoms with Crippen molar-refractivity contribution in [2.75, 3.05) is 24.6 Å². The quantitative estimate of drug-likeness (QED) is 0.868. The molecule has 0 spiro atoms. The fraction of sp³-hybridized carbons (Fsp3) is 0.818. The lowest BCUT2D eigenvalue weighted by Crippen LogP contribution is -2.43. The van der Waals surface area contributed by atoms with E-state index in [4.69, 9.17) is 9.63 Å². The molecule has 2 rings (SSSR count). The first kappa shape index (κ1) is 12.3. The van der Waals surface area contributed by atoms with E-state index >= 15 is 0 Å². The number of hydrogen-bond donors (Lipinski definition) is 1. The van der Waals surface area contributed by atoms with Crippen LogP contribution in [0.3, 0.4) is 0 Å². The van der Waals surface area contributed by atoms with Crippen molar-refractivity contribution < 1.29 is 14.0 Å². The van der Waals surface area contributed by atoms with Crippen LogP contribution >= 0.6 is 0 Å². The smallest absolute Gasteiger partial charge is 0.324 e. The minimum atomic E-state index is -1.04. The number of halogens is 1. The van der Waals surface area contributed by atoms with Crippen LogP contribution in [0.5, 0.6) is 0 Å². The van der Waals surface area contributed by atoms with Crippen LogP contribution < -0.4 is 4.90 Å². The first-order valence-corrected chi connectivity index (χ1v) is 5.95. The summed E-state index contributed by atoms with van der Waals surface area (Å²) in [5, 5.41) is 12.8. The molecule has 0 unspecified atom stereocenters. The molecule has 0 saturated carbocycles. The number of hydrogen-bond acceptors (Lipinski definition) is 5. The molecule has 0 amide bonds. The third-order valence-electron chi connectivity index (χ3n) is 3.13. The Bertz CT molecular complexity index is 369. The SMILES string of the molecule is CC(C)c1noc(N2CC[C@@H](CO)[C@@H](F)C2)n1. The molecule has 2 heterocycles. The number of aliphatic hydroxyl groups excluding tert-OH is 1.